The second-order valence-corrected chi connectivity index (χ2v) is 18.6. The number of phenolic OH excluding ortho intramolecular Hbond substituents is 10. The number of benzene rings is 8. The van der Waals surface area contributed by atoms with Crippen molar-refractivity contribution in [2.24, 2.45) is 0 Å². The molecule has 348 valence electrons. The zero-order valence-corrected chi connectivity index (χ0v) is 36.7. The van der Waals surface area contributed by atoms with E-state index in [-0.39, 0.29) is 68.8 Å². The number of hydrogen-bond donors (Lipinski definition) is 10. The minimum atomic E-state index is -1.00. The average Bonchev–Trinajstić information content (AvgIpc) is 3.99. The lowest BCUT2D eigenvalue weighted by atomic mass is 9.68. The molecule has 0 saturated heterocycles. The lowest BCUT2D eigenvalue weighted by molar-refractivity contribution is 0.111. The van der Waals surface area contributed by atoms with Crippen molar-refractivity contribution in [3.8, 4) is 69.0 Å². The molecule has 0 aromatic heterocycles. The van der Waals surface area contributed by atoms with Crippen molar-refractivity contribution >= 4 is 6.29 Å². The summed E-state index contributed by atoms with van der Waals surface area (Å²) in [5.74, 6) is -6.52. The summed E-state index contributed by atoms with van der Waals surface area (Å²) in [4.78, 5) is 13.7. The summed E-state index contributed by atoms with van der Waals surface area (Å²) in [6.07, 6.45) is -1.29. The summed E-state index contributed by atoms with van der Waals surface area (Å²) in [5, 5.41) is 113. The molecule has 2 aliphatic carbocycles. The van der Waals surface area contributed by atoms with Gasteiger partial charge in [-0.15, -0.1) is 0 Å². The van der Waals surface area contributed by atoms with E-state index in [4.69, 9.17) is 9.47 Å². The summed E-state index contributed by atoms with van der Waals surface area (Å²) < 4.78 is 13.7. The first-order valence-corrected chi connectivity index (χ1v) is 22.6. The Bertz CT molecular complexity index is 3420. The molecular weight excluding hydrogens is 893 g/mol. The van der Waals surface area contributed by atoms with Gasteiger partial charge in [0.25, 0.3) is 0 Å². The van der Waals surface area contributed by atoms with E-state index in [1.807, 2.05) is 0 Å². The number of aromatic hydroxyl groups is 10. The molecule has 8 aromatic rings. The highest BCUT2D eigenvalue weighted by molar-refractivity contribution is 5.90. The number of hydrogen-bond acceptors (Lipinski definition) is 13. The normalized spacial score (nSPS) is 22.3. The molecule has 2 heterocycles. The molecule has 0 fully saturated rings. The van der Waals surface area contributed by atoms with Crippen LogP contribution < -0.4 is 9.47 Å². The van der Waals surface area contributed by atoms with Gasteiger partial charge in [0.05, 0.1) is 17.4 Å². The topological polar surface area (TPSA) is 238 Å². The summed E-state index contributed by atoms with van der Waals surface area (Å²) in [7, 11) is 0. The maximum absolute atomic E-state index is 13.7. The number of carbonyl (C=O) groups excluding carboxylic acids is 1. The fraction of sp³-hybridized carbons (Fsp3) is 0.140. The third kappa shape index (κ3) is 6.34. The van der Waals surface area contributed by atoms with Gasteiger partial charge in [-0.1, -0.05) is 48.5 Å². The van der Waals surface area contributed by atoms with Crippen molar-refractivity contribution < 1.29 is 65.3 Å². The zero-order chi connectivity index (χ0) is 48.4. The van der Waals surface area contributed by atoms with E-state index >= 15 is 0 Å². The lowest BCUT2D eigenvalue weighted by Crippen LogP contribution is -2.21. The maximum atomic E-state index is 13.7. The average molecular weight is 935 g/mol. The molecule has 12 rings (SSSR count). The molecule has 0 saturated carbocycles. The Kier molecular flexibility index (Phi) is 9.41. The fourth-order valence-corrected chi connectivity index (χ4v) is 12.2. The molecular formula is C57H42O13. The van der Waals surface area contributed by atoms with Crippen LogP contribution in [0.1, 0.15) is 125 Å². The van der Waals surface area contributed by atoms with Crippen molar-refractivity contribution in [3.05, 3.63) is 212 Å². The number of rotatable bonds is 7. The lowest BCUT2D eigenvalue weighted by Gasteiger charge is -2.35. The largest absolute Gasteiger partial charge is 0.508 e. The number of carbonyl (C=O) groups is 1. The van der Waals surface area contributed by atoms with Gasteiger partial charge in [-0.25, -0.2) is 0 Å². The van der Waals surface area contributed by atoms with Crippen LogP contribution in [-0.2, 0) is 0 Å². The second-order valence-electron chi connectivity index (χ2n) is 18.6. The molecule has 0 amide bonds. The van der Waals surface area contributed by atoms with Crippen LogP contribution in [-0.4, -0.2) is 57.4 Å². The highest BCUT2D eigenvalue weighted by Crippen LogP contribution is 2.72. The highest BCUT2D eigenvalue weighted by Gasteiger charge is 2.58. The first-order valence-electron chi connectivity index (χ1n) is 22.6. The first kappa shape index (κ1) is 42.4. The Hall–Kier alpha value is -8.97. The van der Waals surface area contributed by atoms with E-state index in [1.165, 1.54) is 78.9 Å². The van der Waals surface area contributed by atoms with Crippen LogP contribution in [0.5, 0.6) is 69.0 Å². The van der Waals surface area contributed by atoms with Crippen molar-refractivity contribution in [3.63, 3.8) is 0 Å². The van der Waals surface area contributed by atoms with Gasteiger partial charge >= 0.3 is 0 Å². The van der Waals surface area contributed by atoms with Crippen LogP contribution in [0.3, 0.4) is 0 Å². The van der Waals surface area contributed by atoms with E-state index in [0.717, 1.165) is 0 Å². The SMILES string of the molecule is O=Cc1c(O)c2c3c4c1OC(c1ccc(O)cc1)C4c1cc(O)cc(O)c1C(c1ccc(O)cc1)C3C(c1ccc(O)cc1)C2c1cc(O)cc2c1C(c1cc(O)cc(O)c1)C(c1ccc(O)cc1)O2. The first-order chi connectivity index (χ1) is 33.8. The number of aldehydes is 1. The van der Waals surface area contributed by atoms with Crippen molar-refractivity contribution in [1.82, 2.24) is 0 Å². The molecule has 10 N–H and O–H groups in total. The Morgan fingerprint density at radius 3 is 1.40 bits per heavy atom. The predicted molar refractivity (Wildman–Crippen MR) is 253 cm³/mol. The molecule has 0 bridgehead atoms. The Morgan fingerprint density at radius 1 is 0.357 bits per heavy atom. The van der Waals surface area contributed by atoms with E-state index in [0.29, 0.717) is 73.0 Å². The molecule has 13 heteroatoms. The van der Waals surface area contributed by atoms with Crippen molar-refractivity contribution in [2.45, 2.75) is 47.7 Å². The zero-order valence-electron chi connectivity index (χ0n) is 36.7. The molecule has 8 unspecified atom stereocenters. The van der Waals surface area contributed by atoms with Gasteiger partial charge in [-0.05, 0) is 117 Å². The molecule has 0 spiro atoms. The third-order valence-electron chi connectivity index (χ3n) is 14.7. The van der Waals surface area contributed by atoms with Gasteiger partial charge in [-0.2, -0.15) is 0 Å². The van der Waals surface area contributed by atoms with Gasteiger partial charge in [0.1, 0.15) is 81.2 Å². The number of fused-ring (bicyclic) bond motifs is 3. The smallest absolute Gasteiger partial charge is 0.157 e. The molecule has 8 aromatic carbocycles. The van der Waals surface area contributed by atoms with E-state index < -0.39 is 53.5 Å². The third-order valence-corrected chi connectivity index (χ3v) is 14.7. The van der Waals surface area contributed by atoms with Crippen LogP contribution in [0.25, 0.3) is 0 Å². The Morgan fingerprint density at radius 2 is 0.843 bits per heavy atom. The van der Waals surface area contributed by atoms with Gasteiger partial charge in [0.15, 0.2) is 6.29 Å². The number of ether oxygens (including phenoxy) is 2. The quantitative estimate of drug-likeness (QED) is 0.0671. The standard InChI is InChI=1S/C57H42O13/c58-24-40-54(68)52-48(39-21-37(66)23-42-47(39)45(29-17-34(63)19-35(64)18-29)55(69-42)27-5-13-32(61)14-6-27)44(26-3-11-31(60)12-4-26)50-43(25-1-9-30(59)10-2-25)46-38(20-36(65)22-41(46)67)49-53(51(50)52)57(40)70-56(49)28-7-15-33(62)16-8-28/h1-24,43-45,48-50,55-56,59-68H. The minimum Gasteiger partial charge on any atom is -0.508 e. The van der Waals surface area contributed by atoms with Crippen molar-refractivity contribution in [1.29, 1.82) is 0 Å². The Balaban J connectivity index is 1.23. The molecule has 13 nitrogen and oxygen atoms in total. The molecule has 4 aliphatic rings. The van der Waals surface area contributed by atoms with Gasteiger partial charge in [0, 0.05) is 64.1 Å². The molecule has 0 radical (unpaired) electrons. The van der Waals surface area contributed by atoms with Crippen LogP contribution in [0.15, 0.2) is 140 Å². The van der Waals surface area contributed by atoms with Crippen LogP contribution >= 0.6 is 0 Å². The highest BCUT2D eigenvalue weighted by atomic mass is 16.5. The summed E-state index contributed by atoms with van der Waals surface area (Å²) in [5.41, 5.74) is 5.84. The van der Waals surface area contributed by atoms with Crippen LogP contribution in [0.4, 0.5) is 0 Å². The van der Waals surface area contributed by atoms with E-state index in [1.54, 1.807) is 60.7 Å². The predicted octanol–water partition coefficient (Wildman–Crippen LogP) is 10.2. The minimum absolute atomic E-state index is 0.00542. The molecule has 8 atom stereocenters. The van der Waals surface area contributed by atoms with Gasteiger partial charge in [-0.3, -0.25) is 4.79 Å². The molecule has 70 heavy (non-hydrogen) atoms. The number of phenols is 10. The maximum Gasteiger partial charge on any atom is 0.157 e. The van der Waals surface area contributed by atoms with Gasteiger partial charge in [0.2, 0.25) is 0 Å². The monoisotopic (exact) mass is 934 g/mol. The van der Waals surface area contributed by atoms with Gasteiger partial charge < -0.3 is 60.5 Å². The second kappa shape index (κ2) is 15.5. The van der Waals surface area contributed by atoms with Crippen LogP contribution in [0.2, 0.25) is 0 Å². The van der Waals surface area contributed by atoms with Crippen LogP contribution in [0, 0.1) is 0 Å². The Labute approximate surface area is 398 Å². The van der Waals surface area contributed by atoms with E-state index in [2.05, 4.69) is 0 Å². The molecule has 2 aliphatic heterocycles. The summed E-state index contributed by atoms with van der Waals surface area (Å²) >= 11 is 0. The summed E-state index contributed by atoms with van der Waals surface area (Å²) in [6.45, 7) is 0. The van der Waals surface area contributed by atoms with Crippen molar-refractivity contribution in [2.75, 3.05) is 0 Å². The summed E-state index contributed by atoms with van der Waals surface area (Å²) in [6, 6.07) is 35.9. The fourth-order valence-electron chi connectivity index (χ4n) is 12.2. The van der Waals surface area contributed by atoms with E-state index in [9.17, 15) is 55.9 Å².